The van der Waals surface area contributed by atoms with Crippen molar-refractivity contribution in [2.45, 2.75) is 31.2 Å². The minimum Gasteiger partial charge on any atom is -0.379 e. The summed E-state index contributed by atoms with van der Waals surface area (Å²) in [6.45, 7) is 0. The van der Waals surface area contributed by atoms with Crippen LogP contribution in [0.4, 0.5) is 10.1 Å². The number of benzene rings is 1. The van der Waals surface area contributed by atoms with Gasteiger partial charge in [0.15, 0.2) is 5.17 Å². The highest BCUT2D eigenvalue weighted by atomic mass is 35.5. The van der Waals surface area contributed by atoms with Gasteiger partial charge in [0.25, 0.3) is 5.91 Å². The van der Waals surface area contributed by atoms with Crippen molar-refractivity contribution in [3.8, 4) is 0 Å². The first-order valence-electron chi connectivity index (χ1n) is 9.19. The number of fused-ring (bicyclic) bond motifs is 1. The first-order chi connectivity index (χ1) is 13.5. The minimum absolute atomic E-state index is 0.233. The molecule has 0 bridgehead atoms. The third kappa shape index (κ3) is 3.61. The zero-order chi connectivity index (χ0) is 19.7. The molecule has 2 heterocycles. The quantitative estimate of drug-likeness (QED) is 0.764. The molecule has 4 rings (SSSR count). The Labute approximate surface area is 172 Å². The lowest BCUT2D eigenvalue weighted by molar-refractivity contribution is 0.102. The number of amidine groups is 1. The van der Waals surface area contributed by atoms with Crippen LogP contribution in [0.15, 0.2) is 41.5 Å². The topological polar surface area (TPSA) is 80.4 Å². The molecule has 1 fully saturated rings. The number of anilines is 1. The molecule has 1 amide bonds. The summed E-state index contributed by atoms with van der Waals surface area (Å²) in [5.74, 6) is 0.365. The van der Waals surface area contributed by atoms with Crippen molar-refractivity contribution in [2.24, 2.45) is 16.6 Å². The zero-order valence-corrected chi connectivity index (χ0v) is 16.7. The van der Waals surface area contributed by atoms with Crippen molar-refractivity contribution in [3.05, 3.63) is 58.6 Å². The predicted molar refractivity (Wildman–Crippen MR) is 111 cm³/mol. The van der Waals surface area contributed by atoms with Crippen molar-refractivity contribution in [1.29, 1.82) is 0 Å². The summed E-state index contributed by atoms with van der Waals surface area (Å²) in [5, 5.41) is 3.74. The molecule has 3 N–H and O–H groups in total. The van der Waals surface area contributed by atoms with E-state index < -0.39 is 5.54 Å². The molecule has 0 saturated heterocycles. The molecule has 5 nitrogen and oxygen atoms in total. The van der Waals surface area contributed by atoms with Crippen LogP contribution in [-0.4, -0.2) is 21.8 Å². The van der Waals surface area contributed by atoms with Gasteiger partial charge in [-0.15, -0.1) is 0 Å². The second-order valence-corrected chi connectivity index (χ2v) is 8.62. The number of nitrogens with two attached hydrogens (primary N) is 1. The number of nitrogens with one attached hydrogen (secondary N) is 1. The van der Waals surface area contributed by atoms with Crippen LogP contribution in [0.3, 0.4) is 0 Å². The van der Waals surface area contributed by atoms with Gasteiger partial charge >= 0.3 is 0 Å². The van der Waals surface area contributed by atoms with Gasteiger partial charge in [-0.2, -0.15) is 0 Å². The maximum atomic E-state index is 14.9. The Bertz CT molecular complexity index is 936. The molecule has 0 unspecified atom stereocenters. The highest BCUT2D eigenvalue weighted by Gasteiger charge is 2.46. The molecule has 2 aliphatic rings. The Balaban J connectivity index is 1.68. The summed E-state index contributed by atoms with van der Waals surface area (Å²) in [5.41, 5.74) is 6.61. The number of aromatic nitrogens is 1. The number of rotatable bonds is 3. The number of thioether (sulfide) groups is 1. The van der Waals surface area contributed by atoms with Gasteiger partial charge < -0.3 is 11.1 Å². The first kappa shape index (κ1) is 19.2. The van der Waals surface area contributed by atoms with Crippen molar-refractivity contribution in [3.63, 3.8) is 0 Å². The second kappa shape index (κ2) is 7.72. The van der Waals surface area contributed by atoms with E-state index in [4.69, 9.17) is 22.3 Å². The van der Waals surface area contributed by atoms with Crippen molar-refractivity contribution in [1.82, 2.24) is 4.98 Å². The van der Waals surface area contributed by atoms with Gasteiger partial charge in [-0.3, -0.25) is 9.79 Å². The summed E-state index contributed by atoms with van der Waals surface area (Å²) >= 11 is 7.35. The Morgan fingerprint density at radius 2 is 2.18 bits per heavy atom. The van der Waals surface area contributed by atoms with Crippen molar-refractivity contribution in [2.75, 3.05) is 11.1 Å². The number of carbonyl (C=O) groups excluding carboxylic acids is 1. The fourth-order valence-corrected chi connectivity index (χ4v) is 5.22. The fourth-order valence-electron chi connectivity index (χ4n) is 4.07. The molecule has 2 atom stereocenters. The highest BCUT2D eigenvalue weighted by Crippen LogP contribution is 2.50. The average molecular weight is 419 g/mol. The molecule has 146 valence electrons. The first-order valence-corrected chi connectivity index (χ1v) is 10.6. The molecule has 28 heavy (non-hydrogen) atoms. The third-order valence-corrected chi connectivity index (χ3v) is 6.61. The van der Waals surface area contributed by atoms with E-state index in [-0.39, 0.29) is 23.3 Å². The molecule has 1 aliphatic carbocycles. The van der Waals surface area contributed by atoms with Gasteiger partial charge in [-0.1, -0.05) is 36.2 Å². The van der Waals surface area contributed by atoms with Gasteiger partial charge in [-0.25, -0.2) is 9.37 Å². The van der Waals surface area contributed by atoms with E-state index in [0.29, 0.717) is 21.4 Å². The number of hydrogen-bond donors (Lipinski definition) is 2. The van der Waals surface area contributed by atoms with Crippen LogP contribution in [0, 0.1) is 11.7 Å². The number of halogens is 2. The standard InChI is InChI=1S/C20H20ClFN4OS/c21-13-4-7-17(24-10-13)18(27)25-14-5-6-16(22)15(9-14)20-8-2-1-3-12(20)11-28-19(23)26-20/h4-7,9-10,12H,1-3,8,11H2,(H2,23,26)(H,25,27)/t12-,20-/m0/s1. The Morgan fingerprint density at radius 3 is 2.96 bits per heavy atom. The molecule has 1 aromatic carbocycles. The predicted octanol–water partition coefficient (Wildman–Crippen LogP) is 4.57. The monoisotopic (exact) mass is 418 g/mol. The van der Waals surface area contributed by atoms with Crippen molar-refractivity contribution >= 4 is 40.1 Å². The van der Waals surface area contributed by atoms with E-state index in [1.165, 1.54) is 24.0 Å². The lowest BCUT2D eigenvalue weighted by atomic mass is 9.69. The van der Waals surface area contributed by atoms with Gasteiger partial charge in [0.2, 0.25) is 0 Å². The highest BCUT2D eigenvalue weighted by molar-refractivity contribution is 8.13. The largest absolute Gasteiger partial charge is 0.379 e. The second-order valence-electron chi connectivity index (χ2n) is 7.14. The minimum atomic E-state index is -0.656. The zero-order valence-electron chi connectivity index (χ0n) is 15.1. The molecule has 1 aliphatic heterocycles. The molecule has 1 aromatic heterocycles. The van der Waals surface area contributed by atoms with E-state index >= 15 is 0 Å². The number of aliphatic imine (C=N–C) groups is 1. The van der Waals surface area contributed by atoms with Crippen molar-refractivity contribution < 1.29 is 9.18 Å². The average Bonchev–Trinajstić information content (AvgIpc) is 2.69. The maximum Gasteiger partial charge on any atom is 0.274 e. The normalized spacial score (nSPS) is 24.2. The Hall–Kier alpha value is -2.12. The number of nitrogens with zero attached hydrogens (tertiary/aromatic N) is 2. The SMILES string of the molecule is NC1=N[C@@]2(c3cc(NC(=O)c4ccc(Cl)cn4)ccc3F)CCCC[C@H]2CS1. The molecule has 8 heteroatoms. The smallest absolute Gasteiger partial charge is 0.274 e. The Kier molecular flexibility index (Phi) is 5.29. The Morgan fingerprint density at radius 1 is 1.32 bits per heavy atom. The van der Waals surface area contributed by atoms with Crippen LogP contribution >= 0.6 is 23.4 Å². The summed E-state index contributed by atoms with van der Waals surface area (Å²) in [4.78, 5) is 21.2. The van der Waals surface area contributed by atoms with Gasteiger partial charge in [-0.05, 0) is 49.1 Å². The molecular weight excluding hydrogens is 399 g/mol. The molecule has 0 spiro atoms. The molecule has 0 radical (unpaired) electrons. The fraction of sp³-hybridized carbons (Fsp3) is 0.350. The summed E-state index contributed by atoms with van der Waals surface area (Å²) in [6.07, 6.45) is 5.25. The number of amides is 1. The lowest BCUT2D eigenvalue weighted by Crippen LogP contribution is -2.43. The maximum absolute atomic E-state index is 14.9. The van der Waals surface area contributed by atoms with Crippen LogP contribution < -0.4 is 11.1 Å². The van der Waals surface area contributed by atoms with E-state index in [2.05, 4.69) is 10.3 Å². The number of carbonyl (C=O) groups is 1. The van der Waals surface area contributed by atoms with Crippen LogP contribution in [0.1, 0.15) is 41.7 Å². The molecule has 2 aromatic rings. The van der Waals surface area contributed by atoms with E-state index in [1.807, 2.05) is 0 Å². The summed E-state index contributed by atoms with van der Waals surface area (Å²) in [7, 11) is 0. The van der Waals surface area contributed by atoms with Crippen LogP contribution in [0.2, 0.25) is 5.02 Å². The summed E-state index contributed by atoms with van der Waals surface area (Å²) in [6, 6.07) is 7.76. The van der Waals surface area contributed by atoms with Gasteiger partial charge in [0.1, 0.15) is 11.5 Å². The number of pyridine rings is 1. The van der Waals surface area contributed by atoms with Crippen LogP contribution in [-0.2, 0) is 5.54 Å². The third-order valence-electron chi connectivity index (χ3n) is 5.43. The van der Waals surface area contributed by atoms with E-state index in [0.717, 1.165) is 31.4 Å². The summed E-state index contributed by atoms with van der Waals surface area (Å²) < 4.78 is 14.9. The van der Waals surface area contributed by atoms with E-state index in [1.54, 1.807) is 24.3 Å². The van der Waals surface area contributed by atoms with Gasteiger partial charge in [0.05, 0.1) is 10.6 Å². The van der Waals surface area contributed by atoms with Crippen LogP contribution in [0.5, 0.6) is 0 Å². The lowest BCUT2D eigenvalue weighted by Gasteiger charge is -2.44. The van der Waals surface area contributed by atoms with E-state index in [9.17, 15) is 9.18 Å². The molecular formula is C20H20ClFN4OS. The number of hydrogen-bond acceptors (Lipinski definition) is 5. The van der Waals surface area contributed by atoms with Crippen LogP contribution in [0.25, 0.3) is 0 Å². The van der Waals surface area contributed by atoms with Gasteiger partial charge in [0, 0.05) is 23.2 Å². The molecule has 1 saturated carbocycles.